The quantitative estimate of drug-likeness (QED) is 0.878. The van der Waals surface area contributed by atoms with E-state index in [0.717, 1.165) is 19.3 Å². The van der Waals surface area contributed by atoms with Crippen LogP contribution in [0.5, 0.6) is 0 Å². The molecular formula is C12H16N4O2. The standard InChI is InChI=1S/C12H16N4O2/c1-3-6-15-10-9(13-7(2)14-10)11(17)16(12(15)18)8-4-5-8/h8H,3-6H2,1-2H3,(H,13,14). The first-order chi connectivity index (χ1) is 8.63. The van der Waals surface area contributed by atoms with Gasteiger partial charge in [-0.3, -0.25) is 13.9 Å². The number of aromatic amines is 1. The van der Waals surface area contributed by atoms with Gasteiger partial charge in [-0.1, -0.05) is 6.92 Å². The van der Waals surface area contributed by atoms with Crippen molar-refractivity contribution in [2.24, 2.45) is 0 Å². The summed E-state index contributed by atoms with van der Waals surface area (Å²) in [6, 6.07) is 0.0844. The van der Waals surface area contributed by atoms with Gasteiger partial charge in [-0.05, 0) is 26.2 Å². The van der Waals surface area contributed by atoms with Crippen molar-refractivity contribution in [1.82, 2.24) is 19.1 Å². The number of H-pyrrole nitrogens is 1. The molecule has 6 nitrogen and oxygen atoms in total. The maximum Gasteiger partial charge on any atom is 0.332 e. The summed E-state index contributed by atoms with van der Waals surface area (Å²) in [5.41, 5.74) is 0.488. The minimum absolute atomic E-state index is 0.0844. The van der Waals surface area contributed by atoms with Gasteiger partial charge in [0.25, 0.3) is 5.56 Å². The van der Waals surface area contributed by atoms with E-state index in [-0.39, 0.29) is 17.3 Å². The summed E-state index contributed by atoms with van der Waals surface area (Å²) in [5, 5.41) is 0. The molecule has 0 spiro atoms. The lowest BCUT2D eigenvalue weighted by Crippen LogP contribution is -2.39. The zero-order chi connectivity index (χ0) is 12.9. The molecule has 6 heteroatoms. The van der Waals surface area contributed by atoms with Gasteiger partial charge in [0.05, 0.1) is 0 Å². The van der Waals surface area contributed by atoms with Crippen LogP contribution in [0.3, 0.4) is 0 Å². The summed E-state index contributed by atoms with van der Waals surface area (Å²) < 4.78 is 2.99. The van der Waals surface area contributed by atoms with E-state index in [1.54, 1.807) is 11.5 Å². The molecule has 2 heterocycles. The van der Waals surface area contributed by atoms with Crippen molar-refractivity contribution in [2.45, 2.75) is 45.7 Å². The summed E-state index contributed by atoms with van der Waals surface area (Å²) in [5.74, 6) is 0.667. The summed E-state index contributed by atoms with van der Waals surface area (Å²) in [6.07, 6.45) is 2.67. The van der Waals surface area contributed by atoms with Crippen molar-refractivity contribution in [3.8, 4) is 0 Å². The van der Waals surface area contributed by atoms with Crippen LogP contribution in [0.15, 0.2) is 9.59 Å². The molecule has 3 rings (SSSR count). The fraction of sp³-hybridized carbons (Fsp3) is 0.583. The fourth-order valence-electron chi connectivity index (χ4n) is 2.33. The second-order valence-electron chi connectivity index (χ2n) is 4.86. The van der Waals surface area contributed by atoms with E-state index in [0.29, 0.717) is 23.5 Å². The minimum atomic E-state index is -0.231. The van der Waals surface area contributed by atoms with E-state index in [2.05, 4.69) is 9.97 Å². The molecule has 96 valence electrons. The highest BCUT2D eigenvalue weighted by molar-refractivity contribution is 5.69. The Balaban J connectivity index is 2.42. The highest BCUT2D eigenvalue weighted by atomic mass is 16.2. The van der Waals surface area contributed by atoms with Crippen molar-refractivity contribution < 1.29 is 0 Å². The number of aryl methyl sites for hydroxylation is 2. The summed E-state index contributed by atoms with van der Waals surface area (Å²) in [7, 11) is 0. The van der Waals surface area contributed by atoms with Crippen LogP contribution in [0.4, 0.5) is 0 Å². The Morgan fingerprint density at radius 2 is 2.11 bits per heavy atom. The molecule has 0 aromatic carbocycles. The summed E-state index contributed by atoms with van der Waals surface area (Å²) >= 11 is 0. The van der Waals surface area contributed by atoms with Crippen LogP contribution in [0, 0.1) is 6.92 Å². The molecule has 18 heavy (non-hydrogen) atoms. The summed E-state index contributed by atoms with van der Waals surface area (Å²) in [6.45, 7) is 4.39. The zero-order valence-electron chi connectivity index (χ0n) is 10.6. The Hall–Kier alpha value is -1.85. The van der Waals surface area contributed by atoms with E-state index >= 15 is 0 Å². The van der Waals surface area contributed by atoms with Crippen LogP contribution in [0.2, 0.25) is 0 Å². The highest BCUT2D eigenvalue weighted by Crippen LogP contribution is 2.32. The number of aromatic nitrogens is 4. The largest absolute Gasteiger partial charge is 0.336 e. The Kier molecular flexibility index (Phi) is 2.39. The number of nitrogens with one attached hydrogen (secondary N) is 1. The van der Waals surface area contributed by atoms with Crippen molar-refractivity contribution >= 4 is 11.2 Å². The third-order valence-corrected chi connectivity index (χ3v) is 3.29. The Morgan fingerprint density at radius 3 is 2.72 bits per heavy atom. The molecule has 0 aliphatic heterocycles. The number of hydrogen-bond donors (Lipinski definition) is 1. The molecular weight excluding hydrogens is 232 g/mol. The lowest BCUT2D eigenvalue weighted by atomic mass is 10.4. The van der Waals surface area contributed by atoms with Gasteiger partial charge in [0.1, 0.15) is 11.3 Å². The first kappa shape index (κ1) is 11.3. The van der Waals surface area contributed by atoms with Crippen molar-refractivity contribution in [2.75, 3.05) is 0 Å². The maximum absolute atomic E-state index is 12.4. The average Bonchev–Trinajstić information content (AvgIpc) is 3.07. The molecule has 1 saturated carbocycles. The molecule has 1 N–H and O–H groups in total. The lowest BCUT2D eigenvalue weighted by Gasteiger charge is -2.09. The smallest absolute Gasteiger partial charge is 0.332 e. The fourth-order valence-corrected chi connectivity index (χ4v) is 2.33. The first-order valence-electron chi connectivity index (χ1n) is 6.35. The Morgan fingerprint density at radius 1 is 1.39 bits per heavy atom. The predicted molar refractivity (Wildman–Crippen MR) is 67.9 cm³/mol. The topological polar surface area (TPSA) is 72.7 Å². The van der Waals surface area contributed by atoms with Crippen LogP contribution < -0.4 is 11.2 Å². The van der Waals surface area contributed by atoms with E-state index < -0.39 is 0 Å². The number of hydrogen-bond acceptors (Lipinski definition) is 3. The van der Waals surface area contributed by atoms with Gasteiger partial charge in [-0.15, -0.1) is 0 Å². The molecule has 1 aliphatic rings. The van der Waals surface area contributed by atoms with Gasteiger partial charge in [-0.2, -0.15) is 0 Å². The maximum atomic E-state index is 12.4. The average molecular weight is 248 g/mol. The molecule has 0 atom stereocenters. The molecule has 1 aliphatic carbocycles. The molecule has 1 fully saturated rings. The van der Waals surface area contributed by atoms with Gasteiger partial charge in [0.15, 0.2) is 5.65 Å². The zero-order valence-corrected chi connectivity index (χ0v) is 10.6. The number of imidazole rings is 1. The highest BCUT2D eigenvalue weighted by Gasteiger charge is 2.29. The first-order valence-corrected chi connectivity index (χ1v) is 6.35. The van der Waals surface area contributed by atoms with Crippen LogP contribution in [0.25, 0.3) is 11.2 Å². The minimum Gasteiger partial charge on any atom is -0.336 e. The third-order valence-electron chi connectivity index (χ3n) is 3.29. The Labute approximate surface area is 103 Å². The van der Waals surface area contributed by atoms with Crippen molar-refractivity contribution in [3.63, 3.8) is 0 Å². The lowest BCUT2D eigenvalue weighted by molar-refractivity contribution is 0.571. The van der Waals surface area contributed by atoms with Crippen LogP contribution in [-0.2, 0) is 6.54 Å². The van der Waals surface area contributed by atoms with Crippen LogP contribution >= 0.6 is 0 Å². The van der Waals surface area contributed by atoms with Crippen molar-refractivity contribution in [1.29, 1.82) is 0 Å². The second-order valence-corrected chi connectivity index (χ2v) is 4.86. The molecule has 0 unspecified atom stereocenters. The van der Waals surface area contributed by atoms with Crippen LogP contribution in [0.1, 0.15) is 38.1 Å². The molecule has 0 saturated heterocycles. The van der Waals surface area contributed by atoms with Gasteiger partial charge < -0.3 is 4.98 Å². The normalized spacial score (nSPS) is 15.4. The van der Waals surface area contributed by atoms with E-state index in [1.807, 2.05) is 6.92 Å². The molecule has 0 radical (unpaired) electrons. The predicted octanol–water partition coefficient (Wildman–Crippen LogP) is 0.940. The van der Waals surface area contributed by atoms with E-state index in [9.17, 15) is 9.59 Å². The van der Waals surface area contributed by atoms with Gasteiger partial charge in [-0.25, -0.2) is 9.78 Å². The number of rotatable bonds is 3. The number of fused-ring (bicyclic) bond motifs is 1. The third kappa shape index (κ3) is 1.52. The van der Waals surface area contributed by atoms with E-state index in [4.69, 9.17) is 0 Å². The molecule has 0 amide bonds. The van der Waals surface area contributed by atoms with Crippen LogP contribution in [-0.4, -0.2) is 19.1 Å². The van der Waals surface area contributed by atoms with Gasteiger partial charge in [0.2, 0.25) is 0 Å². The van der Waals surface area contributed by atoms with Crippen molar-refractivity contribution in [3.05, 3.63) is 26.7 Å². The molecule has 2 aromatic rings. The van der Waals surface area contributed by atoms with Gasteiger partial charge in [0, 0.05) is 12.6 Å². The molecule has 0 bridgehead atoms. The SMILES string of the molecule is CCCn1c(=O)n(C2CC2)c(=O)c2[nH]c(C)nc21. The van der Waals surface area contributed by atoms with E-state index in [1.165, 1.54) is 4.57 Å². The Bertz CT molecular complexity index is 718. The molecule has 2 aromatic heterocycles. The monoisotopic (exact) mass is 248 g/mol. The number of nitrogens with zero attached hydrogens (tertiary/aromatic N) is 3. The summed E-state index contributed by atoms with van der Waals surface area (Å²) in [4.78, 5) is 31.9. The van der Waals surface area contributed by atoms with Gasteiger partial charge >= 0.3 is 5.69 Å². The second kappa shape index (κ2) is 3.83.